The highest BCUT2D eigenvalue weighted by Crippen LogP contribution is 2.25. The minimum absolute atomic E-state index is 0.176. The van der Waals surface area contributed by atoms with Gasteiger partial charge < -0.3 is 10.6 Å². The Bertz CT molecular complexity index is 549. The van der Waals surface area contributed by atoms with Crippen molar-refractivity contribution in [3.8, 4) is 0 Å². The molecule has 3 N–H and O–H groups in total. The number of nitrogen functional groups attached to an aromatic ring is 1. The highest BCUT2D eigenvalue weighted by atomic mass is 79.9. The van der Waals surface area contributed by atoms with Gasteiger partial charge in [0.05, 0.1) is 0 Å². The molecule has 0 radical (unpaired) electrons. The molecule has 0 heterocycles. The van der Waals surface area contributed by atoms with Crippen molar-refractivity contribution in [3.05, 3.63) is 22.4 Å². The third-order valence-corrected chi connectivity index (χ3v) is 4.58. The summed E-state index contributed by atoms with van der Waals surface area (Å²) in [6, 6.07) is 2.15. The van der Waals surface area contributed by atoms with Crippen molar-refractivity contribution in [1.29, 1.82) is 0 Å². The van der Waals surface area contributed by atoms with Crippen LogP contribution in [0.5, 0.6) is 0 Å². The van der Waals surface area contributed by atoms with Gasteiger partial charge in [-0.2, -0.15) is 0 Å². The summed E-state index contributed by atoms with van der Waals surface area (Å²) in [5, 5.41) is 0. The monoisotopic (exact) mass is 353 g/mol. The van der Waals surface area contributed by atoms with Crippen LogP contribution in [-0.2, 0) is 10.0 Å². The van der Waals surface area contributed by atoms with E-state index in [9.17, 15) is 12.8 Å². The number of hydrogen-bond donors (Lipinski definition) is 2. The number of hydrogen-bond acceptors (Lipinski definition) is 4. The predicted octanol–water partition coefficient (Wildman–Crippen LogP) is 1.40. The van der Waals surface area contributed by atoms with E-state index in [1.807, 2.05) is 19.0 Å². The number of nitrogens with one attached hydrogen (secondary N) is 1. The van der Waals surface area contributed by atoms with Crippen LogP contribution in [0.1, 0.15) is 6.42 Å². The maximum absolute atomic E-state index is 13.7. The van der Waals surface area contributed by atoms with Gasteiger partial charge >= 0.3 is 0 Å². The molecule has 108 valence electrons. The summed E-state index contributed by atoms with van der Waals surface area (Å²) < 4.78 is 40.2. The Balaban J connectivity index is 2.80. The fourth-order valence-corrected chi connectivity index (χ4v) is 2.91. The summed E-state index contributed by atoms with van der Waals surface area (Å²) in [5.74, 6) is -0.832. The predicted molar refractivity (Wildman–Crippen MR) is 76.9 cm³/mol. The fraction of sp³-hybridized carbons (Fsp3) is 0.455. The van der Waals surface area contributed by atoms with E-state index < -0.39 is 20.7 Å². The lowest BCUT2D eigenvalue weighted by Crippen LogP contribution is -2.28. The first kappa shape index (κ1) is 16.4. The summed E-state index contributed by atoms with van der Waals surface area (Å²) >= 11 is 3.04. The lowest BCUT2D eigenvalue weighted by molar-refractivity contribution is 0.400. The van der Waals surface area contributed by atoms with E-state index in [-0.39, 0.29) is 12.2 Å². The quantitative estimate of drug-likeness (QED) is 0.598. The Morgan fingerprint density at radius 3 is 2.63 bits per heavy atom. The van der Waals surface area contributed by atoms with E-state index in [0.29, 0.717) is 10.9 Å². The van der Waals surface area contributed by atoms with E-state index in [1.165, 1.54) is 0 Å². The fourth-order valence-electron chi connectivity index (χ4n) is 1.43. The van der Waals surface area contributed by atoms with Crippen LogP contribution in [0.25, 0.3) is 0 Å². The summed E-state index contributed by atoms with van der Waals surface area (Å²) in [6.45, 7) is 0.989. The van der Waals surface area contributed by atoms with Crippen molar-refractivity contribution in [2.24, 2.45) is 0 Å². The summed E-state index contributed by atoms with van der Waals surface area (Å²) in [6.07, 6.45) is 0.639. The Morgan fingerprint density at radius 1 is 1.42 bits per heavy atom. The average molecular weight is 354 g/mol. The molecular formula is C11H17BrFN3O2S. The minimum Gasteiger partial charge on any atom is -0.398 e. The molecule has 0 spiro atoms. The third kappa shape index (κ3) is 4.72. The summed E-state index contributed by atoms with van der Waals surface area (Å²) in [7, 11) is -0.0876. The molecule has 8 heteroatoms. The number of rotatable bonds is 6. The molecule has 0 saturated carbocycles. The van der Waals surface area contributed by atoms with Crippen LogP contribution in [0, 0.1) is 5.82 Å². The molecule has 1 aromatic carbocycles. The van der Waals surface area contributed by atoms with Gasteiger partial charge in [0.25, 0.3) is 0 Å². The van der Waals surface area contributed by atoms with Crippen LogP contribution in [0.2, 0.25) is 0 Å². The van der Waals surface area contributed by atoms with Crippen LogP contribution in [-0.4, -0.2) is 40.5 Å². The normalized spacial score (nSPS) is 12.1. The molecule has 0 aromatic heterocycles. The Hall–Kier alpha value is -0.700. The molecule has 0 unspecified atom stereocenters. The van der Waals surface area contributed by atoms with E-state index in [1.54, 1.807) is 0 Å². The van der Waals surface area contributed by atoms with E-state index in [0.717, 1.165) is 18.7 Å². The second-order valence-corrected chi connectivity index (χ2v) is 6.95. The first-order valence-corrected chi connectivity index (χ1v) is 7.90. The minimum atomic E-state index is -3.87. The summed E-state index contributed by atoms with van der Waals surface area (Å²) in [5.41, 5.74) is 5.74. The molecule has 5 nitrogen and oxygen atoms in total. The zero-order chi connectivity index (χ0) is 14.6. The van der Waals surface area contributed by atoms with Gasteiger partial charge in [-0.3, -0.25) is 0 Å². The molecule has 0 aliphatic carbocycles. The van der Waals surface area contributed by atoms with Gasteiger partial charge in [0, 0.05) is 16.7 Å². The maximum atomic E-state index is 13.7. The van der Waals surface area contributed by atoms with Gasteiger partial charge in [-0.1, -0.05) is 0 Å². The van der Waals surface area contributed by atoms with E-state index in [2.05, 4.69) is 20.7 Å². The molecule has 0 fully saturated rings. The van der Waals surface area contributed by atoms with Gasteiger partial charge in [-0.15, -0.1) is 0 Å². The smallest absolute Gasteiger partial charge is 0.243 e. The molecule has 0 saturated heterocycles. The number of nitrogens with zero attached hydrogens (tertiary/aromatic N) is 1. The van der Waals surface area contributed by atoms with Crippen LogP contribution >= 0.6 is 15.9 Å². The maximum Gasteiger partial charge on any atom is 0.243 e. The molecule has 0 amide bonds. The van der Waals surface area contributed by atoms with Gasteiger partial charge in [0.15, 0.2) is 0 Å². The topological polar surface area (TPSA) is 75.4 Å². The SMILES string of the molecule is CN(C)CCCNS(=O)(=O)c1cc(N)c(Br)cc1F. The zero-order valence-corrected chi connectivity index (χ0v) is 13.2. The number of halogens is 2. The Kier molecular flexibility index (Phi) is 5.72. The Morgan fingerprint density at radius 2 is 2.05 bits per heavy atom. The number of benzene rings is 1. The van der Waals surface area contributed by atoms with Crippen LogP contribution in [0.4, 0.5) is 10.1 Å². The van der Waals surface area contributed by atoms with Crippen molar-refractivity contribution in [2.45, 2.75) is 11.3 Å². The Labute approximate surface area is 121 Å². The number of sulfonamides is 1. The van der Waals surface area contributed by atoms with Gasteiger partial charge in [0.2, 0.25) is 10.0 Å². The zero-order valence-electron chi connectivity index (χ0n) is 10.8. The average Bonchev–Trinajstić information content (AvgIpc) is 2.29. The van der Waals surface area contributed by atoms with Crippen molar-refractivity contribution >= 4 is 31.6 Å². The summed E-state index contributed by atoms with van der Waals surface area (Å²) in [4.78, 5) is 1.50. The van der Waals surface area contributed by atoms with Crippen LogP contribution in [0.15, 0.2) is 21.5 Å². The van der Waals surface area contributed by atoms with Gasteiger partial charge in [-0.25, -0.2) is 17.5 Å². The first-order chi connectivity index (χ1) is 8.74. The molecule has 19 heavy (non-hydrogen) atoms. The second kappa shape index (κ2) is 6.65. The molecule has 1 aromatic rings. The molecule has 0 aliphatic heterocycles. The largest absolute Gasteiger partial charge is 0.398 e. The lowest BCUT2D eigenvalue weighted by Gasteiger charge is -2.11. The van der Waals surface area contributed by atoms with Crippen molar-refractivity contribution in [2.75, 3.05) is 32.9 Å². The van der Waals surface area contributed by atoms with Crippen molar-refractivity contribution in [3.63, 3.8) is 0 Å². The highest BCUT2D eigenvalue weighted by molar-refractivity contribution is 9.10. The molecule has 0 bridgehead atoms. The van der Waals surface area contributed by atoms with Crippen molar-refractivity contribution < 1.29 is 12.8 Å². The van der Waals surface area contributed by atoms with Crippen molar-refractivity contribution in [1.82, 2.24) is 9.62 Å². The number of nitrogens with two attached hydrogens (primary N) is 1. The standard InChI is InChI=1S/C11H17BrFN3O2S/c1-16(2)5-3-4-15-19(17,18)11-7-10(14)8(12)6-9(11)13/h6-7,15H,3-5,14H2,1-2H3. The molecule has 0 atom stereocenters. The highest BCUT2D eigenvalue weighted by Gasteiger charge is 2.20. The van der Waals surface area contributed by atoms with E-state index >= 15 is 0 Å². The van der Waals surface area contributed by atoms with Crippen LogP contribution < -0.4 is 10.5 Å². The lowest BCUT2D eigenvalue weighted by atomic mass is 10.3. The van der Waals surface area contributed by atoms with E-state index in [4.69, 9.17) is 5.73 Å². The second-order valence-electron chi connectivity index (χ2n) is 4.36. The van der Waals surface area contributed by atoms with Crippen LogP contribution in [0.3, 0.4) is 0 Å². The third-order valence-electron chi connectivity index (χ3n) is 2.41. The molecule has 0 aliphatic rings. The van der Waals surface area contributed by atoms with Gasteiger partial charge in [0.1, 0.15) is 10.7 Å². The molecular weight excluding hydrogens is 337 g/mol. The van der Waals surface area contributed by atoms with Gasteiger partial charge in [-0.05, 0) is 55.1 Å². The molecule has 1 rings (SSSR count). The number of anilines is 1. The first-order valence-electron chi connectivity index (χ1n) is 5.63.